The molecule has 0 aliphatic rings. The number of benzene rings is 1. The molecule has 1 amide bonds. The molecule has 176 valence electrons. The van der Waals surface area contributed by atoms with Crippen molar-refractivity contribution in [1.29, 1.82) is 0 Å². The van der Waals surface area contributed by atoms with Crippen molar-refractivity contribution in [2.24, 2.45) is 0 Å². The van der Waals surface area contributed by atoms with Crippen molar-refractivity contribution in [3.05, 3.63) is 41.4 Å². The van der Waals surface area contributed by atoms with Gasteiger partial charge in [0.1, 0.15) is 16.9 Å². The molecule has 3 rings (SSSR count). The van der Waals surface area contributed by atoms with Crippen molar-refractivity contribution in [2.75, 3.05) is 13.7 Å². The SMILES string of the molecule is CCOC(=O)c1nc(-c2ccc(OC)c3nc(C)ccc23)oc1[C@H](C)NC(=O)OC(C)(C)C. The van der Waals surface area contributed by atoms with E-state index in [0.29, 0.717) is 16.8 Å². The zero-order valence-electron chi connectivity index (χ0n) is 19.9. The summed E-state index contributed by atoms with van der Waals surface area (Å²) in [7, 11) is 1.57. The number of esters is 1. The summed E-state index contributed by atoms with van der Waals surface area (Å²) < 4.78 is 21.9. The summed E-state index contributed by atoms with van der Waals surface area (Å²) in [5.41, 5.74) is 1.41. The largest absolute Gasteiger partial charge is 0.494 e. The number of carbonyl (C=O) groups excluding carboxylic acids is 2. The van der Waals surface area contributed by atoms with Crippen molar-refractivity contribution in [1.82, 2.24) is 15.3 Å². The van der Waals surface area contributed by atoms with Crippen molar-refractivity contribution >= 4 is 23.0 Å². The monoisotopic (exact) mass is 455 g/mol. The molecule has 3 aromatic rings. The number of hydrogen-bond acceptors (Lipinski definition) is 8. The van der Waals surface area contributed by atoms with Crippen LogP contribution in [0.4, 0.5) is 4.79 Å². The Bertz CT molecular complexity index is 1180. The van der Waals surface area contributed by atoms with Gasteiger partial charge in [-0.1, -0.05) is 6.07 Å². The van der Waals surface area contributed by atoms with Crippen molar-refractivity contribution in [3.8, 4) is 17.2 Å². The molecule has 9 heteroatoms. The van der Waals surface area contributed by atoms with Gasteiger partial charge in [0.15, 0.2) is 11.5 Å². The van der Waals surface area contributed by atoms with E-state index in [-0.39, 0.29) is 24.0 Å². The topological polar surface area (TPSA) is 113 Å². The fraction of sp³-hybridized carbons (Fsp3) is 0.417. The lowest BCUT2D eigenvalue weighted by Gasteiger charge is -2.21. The van der Waals surface area contributed by atoms with E-state index in [4.69, 9.17) is 18.6 Å². The second-order valence-corrected chi connectivity index (χ2v) is 8.48. The minimum Gasteiger partial charge on any atom is -0.494 e. The lowest BCUT2D eigenvalue weighted by Crippen LogP contribution is -2.34. The number of carbonyl (C=O) groups is 2. The Morgan fingerprint density at radius 3 is 2.52 bits per heavy atom. The lowest BCUT2D eigenvalue weighted by atomic mass is 10.1. The van der Waals surface area contributed by atoms with Crippen LogP contribution in [-0.2, 0) is 9.47 Å². The second-order valence-electron chi connectivity index (χ2n) is 8.48. The molecule has 9 nitrogen and oxygen atoms in total. The molecule has 1 atom stereocenters. The van der Waals surface area contributed by atoms with Gasteiger partial charge in [-0.05, 0) is 59.7 Å². The number of alkyl carbamates (subject to hydrolysis) is 1. The fourth-order valence-electron chi connectivity index (χ4n) is 3.28. The van der Waals surface area contributed by atoms with E-state index in [9.17, 15) is 9.59 Å². The fourth-order valence-corrected chi connectivity index (χ4v) is 3.28. The summed E-state index contributed by atoms with van der Waals surface area (Å²) in [6.07, 6.45) is -0.641. The molecule has 0 spiro atoms. The number of aryl methyl sites for hydroxylation is 1. The van der Waals surface area contributed by atoms with Gasteiger partial charge in [-0.25, -0.2) is 19.6 Å². The van der Waals surface area contributed by atoms with Crippen molar-refractivity contribution in [2.45, 2.75) is 53.2 Å². The van der Waals surface area contributed by atoms with Crippen LogP contribution in [-0.4, -0.2) is 41.3 Å². The van der Waals surface area contributed by atoms with E-state index in [0.717, 1.165) is 11.1 Å². The molecule has 0 saturated heterocycles. The standard InChI is InChI=1S/C24H29N3O6/c1-8-31-22(28)19-20(14(3)26-23(29)33-24(4,5)6)32-21(27-19)16-11-12-17(30-7)18-15(16)10-9-13(2)25-18/h9-12,14H,8H2,1-7H3,(H,26,29)/t14-/m0/s1. The third kappa shape index (κ3) is 5.42. The lowest BCUT2D eigenvalue weighted by molar-refractivity contribution is 0.0481. The predicted octanol–water partition coefficient (Wildman–Crippen LogP) is 4.97. The summed E-state index contributed by atoms with van der Waals surface area (Å²) in [5.74, 6) is 0.324. The molecule has 0 unspecified atom stereocenters. The molecule has 0 radical (unpaired) electrons. The number of methoxy groups -OCH3 is 1. The Labute approximate surface area is 192 Å². The Balaban J connectivity index is 2.08. The minimum atomic E-state index is -0.703. The highest BCUT2D eigenvalue weighted by molar-refractivity contribution is 5.97. The summed E-state index contributed by atoms with van der Waals surface area (Å²) in [4.78, 5) is 33.9. The van der Waals surface area contributed by atoms with Crippen LogP contribution < -0.4 is 10.1 Å². The molecule has 0 fully saturated rings. The van der Waals surface area contributed by atoms with Crippen molar-refractivity contribution < 1.29 is 28.2 Å². The number of nitrogens with zero attached hydrogens (tertiary/aromatic N) is 2. The molecular weight excluding hydrogens is 426 g/mol. The average molecular weight is 456 g/mol. The minimum absolute atomic E-state index is 0.0144. The number of oxazole rings is 1. The highest BCUT2D eigenvalue weighted by Gasteiger charge is 2.29. The Hall–Kier alpha value is -3.62. The Morgan fingerprint density at radius 1 is 1.15 bits per heavy atom. The maximum atomic E-state index is 12.6. The van der Waals surface area contributed by atoms with Gasteiger partial charge < -0.3 is 23.9 Å². The van der Waals surface area contributed by atoms with Crippen LogP contribution in [0.25, 0.3) is 22.4 Å². The number of nitrogens with one attached hydrogen (secondary N) is 1. The van der Waals surface area contributed by atoms with Gasteiger partial charge in [0.05, 0.1) is 19.8 Å². The van der Waals surface area contributed by atoms with Gasteiger partial charge in [-0.15, -0.1) is 0 Å². The normalized spacial score (nSPS) is 12.3. The number of aromatic nitrogens is 2. The van der Waals surface area contributed by atoms with Gasteiger partial charge in [-0.3, -0.25) is 0 Å². The summed E-state index contributed by atoms with van der Waals surface area (Å²) in [6.45, 7) is 10.7. The third-order valence-corrected chi connectivity index (χ3v) is 4.66. The Morgan fingerprint density at radius 2 is 1.88 bits per heavy atom. The number of hydrogen-bond donors (Lipinski definition) is 1. The van der Waals surface area contributed by atoms with E-state index in [1.54, 1.807) is 53.9 Å². The summed E-state index contributed by atoms with van der Waals surface area (Å²) in [5, 5.41) is 3.43. The first-order valence-electron chi connectivity index (χ1n) is 10.7. The van der Waals surface area contributed by atoms with Gasteiger partial charge in [0.25, 0.3) is 0 Å². The van der Waals surface area contributed by atoms with Crippen LogP contribution in [0.2, 0.25) is 0 Å². The van der Waals surface area contributed by atoms with Crippen LogP contribution in [0.15, 0.2) is 28.7 Å². The summed E-state index contributed by atoms with van der Waals surface area (Å²) in [6, 6.07) is 6.61. The average Bonchev–Trinajstić information content (AvgIpc) is 3.17. The number of ether oxygens (including phenoxy) is 3. The number of amides is 1. The molecule has 0 saturated carbocycles. The number of fused-ring (bicyclic) bond motifs is 1. The van der Waals surface area contributed by atoms with Gasteiger partial charge in [-0.2, -0.15) is 0 Å². The number of pyridine rings is 1. The Kier molecular flexibility index (Phi) is 6.90. The molecule has 1 N–H and O–H groups in total. The molecule has 0 bridgehead atoms. The molecule has 0 aliphatic heterocycles. The first-order valence-corrected chi connectivity index (χ1v) is 10.7. The van der Waals surface area contributed by atoms with E-state index < -0.39 is 23.7 Å². The van der Waals surface area contributed by atoms with Gasteiger partial charge in [0.2, 0.25) is 5.89 Å². The molecule has 2 heterocycles. The number of rotatable bonds is 6. The third-order valence-electron chi connectivity index (χ3n) is 4.66. The first-order chi connectivity index (χ1) is 15.5. The van der Waals surface area contributed by atoms with E-state index in [1.165, 1.54) is 0 Å². The molecule has 0 aliphatic carbocycles. The van der Waals surface area contributed by atoms with Crippen LogP contribution in [0.1, 0.15) is 62.6 Å². The maximum Gasteiger partial charge on any atom is 0.408 e. The van der Waals surface area contributed by atoms with Crippen LogP contribution in [0.5, 0.6) is 5.75 Å². The molecule has 1 aromatic carbocycles. The van der Waals surface area contributed by atoms with Gasteiger partial charge >= 0.3 is 12.1 Å². The quantitative estimate of drug-likeness (QED) is 0.519. The van der Waals surface area contributed by atoms with Gasteiger partial charge in [0, 0.05) is 16.6 Å². The highest BCUT2D eigenvalue weighted by atomic mass is 16.6. The van der Waals surface area contributed by atoms with E-state index in [2.05, 4.69) is 15.3 Å². The van der Waals surface area contributed by atoms with Crippen LogP contribution in [0.3, 0.4) is 0 Å². The first kappa shape index (κ1) is 24.0. The zero-order chi connectivity index (χ0) is 24.3. The molecular formula is C24H29N3O6. The highest BCUT2D eigenvalue weighted by Crippen LogP contribution is 2.35. The predicted molar refractivity (Wildman–Crippen MR) is 122 cm³/mol. The second kappa shape index (κ2) is 9.48. The smallest absolute Gasteiger partial charge is 0.408 e. The molecule has 2 aromatic heterocycles. The van der Waals surface area contributed by atoms with E-state index >= 15 is 0 Å². The maximum absolute atomic E-state index is 12.6. The van der Waals surface area contributed by atoms with Crippen molar-refractivity contribution in [3.63, 3.8) is 0 Å². The zero-order valence-corrected chi connectivity index (χ0v) is 19.9. The van der Waals surface area contributed by atoms with Crippen LogP contribution >= 0.6 is 0 Å². The summed E-state index contributed by atoms with van der Waals surface area (Å²) >= 11 is 0. The van der Waals surface area contributed by atoms with Crippen LogP contribution in [0, 0.1) is 6.92 Å². The molecule has 33 heavy (non-hydrogen) atoms. The van der Waals surface area contributed by atoms with E-state index in [1.807, 2.05) is 19.1 Å².